The molecule has 5 heteroatoms. The van der Waals surface area contributed by atoms with Gasteiger partial charge in [0.05, 0.1) is 23.6 Å². The number of benzene rings is 1. The number of nitrogens with zero attached hydrogens (tertiary/aromatic N) is 4. The molecule has 1 aromatic carbocycles. The summed E-state index contributed by atoms with van der Waals surface area (Å²) in [5.41, 5.74) is 1.46. The highest BCUT2D eigenvalue weighted by atomic mass is 19.1. The van der Waals surface area contributed by atoms with Crippen molar-refractivity contribution in [3.63, 3.8) is 0 Å². The number of rotatable bonds is 3. The number of piperidine rings is 1. The van der Waals surface area contributed by atoms with Gasteiger partial charge in [-0.2, -0.15) is 5.26 Å². The van der Waals surface area contributed by atoms with E-state index in [1.54, 1.807) is 6.07 Å². The Morgan fingerprint density at radius 1 is 1.48 bits per heavy atom. The van der Waals surface area contributed by atoms with Crippen molar-refractivity contribution in [3.8, 4) is 6.07 Å². The molecule has 1 saturated heterocycles. The van der Waals surface area contributed by atoms with Gasteiger partial charge >= 0.3 is 0 Å². The SMILES string of the molecule is CC1CCCN(Cc2nc3cc(F)ccc3n2CC#N)C1. The fourth-order valence-electron chi connectivity index (χ4n) is 3.15. The molecule has 0 bridgehead atoms. The second-order valence-corrected chi connectivity index (χ2v) is 5.89. The van der Waals surface area contributed by atoms with Crippen LogP contribution in [0.2, 0.25) is 0 Å². The van der Waals surface area contributed by atoms with Crippen molar-refractivity contribution in [1.29, 1.82) is 5.26 Å². The van der Waals surface area contributed by atoms with Crippen LogP contribution in [-0.4, -0.2) is 27.5 Å². The van der Waals surface area contributed by atoms with Crippen LogP contribution in [0.25, 0.3) is 11.0 Å². The van der Waals surface area contributed by atoms with Gasteiger partial charge in [-0.15, -0.1) is 0 Å². The van der Waals surface area contributed by atoms with E-state index in [-0.39, 0.29) is 12.4 Å². The number of fused-ring (bicyclic) bond motifs is 1. The summed E-state index contributed by atoms with van der Waals surface area (Å²) in [5.74, 6) is 1.26. The van der Waals surface area contributed by atoms with E-state index in [2.05, 4.69) is 22.9 Å². The van der Waals surface area contributed by atoms with E-state index in [1.807, 2.05) is 4.57 Å². The molecule has 0 N–H and O–H groups in total. The van der Waals surface area contributed by atoms with E-state index < -0.39 is 0 Å². The van der Waals surface area contributed by atoms with Crippen LogP contribution in [0.1, 0.15) is 25.6 Å². The average molecular weight is 286 g/mol. The summed E-state index contributed by atoms with van der Waals surface area (Å²) >= 11 is 0. The number of nitriles is 1. The highest BCUT2D eigenvalue weighted by Gasteiger charge is 2.19. The maximum absolute atomic E-state index is 13.3. The molecule has 4 nitrogen and oxygen atoms in total. The number of imidazole rings is 1. The molecule has 2 aromatic rings. The molecule has 1 unspecified atom stereocenters. The summed E-state index contributed by atoms with van der Waals surface area (Å²) in [7, 11) is 0. The summed E-state index contributed by atoms with van der Waals surface area (Å²) in [6, 6.07) is 6.74. The lowest BCUT2D eigenvalue weighted by atomic mass is 10.0. The molecule has 2 heterocycles. The first-order valence-corrected chi connectivity index (χ1v) is 7.41. The van der Waals surface area contributed by atoms with Crippen LogP contribution in [0.4, 0.5) is 4.39 Å². The average Bonchev–Trinajstić information content (AvgIpc) is 2.76. The first-order chi connectivity index (χ1) is 10.2. The summed E-state index contributed by atoms with van der Waals surface area (Å²) in [6.07, 6.45) is 2.48. The van der Waals surface area contributed by atoms with Gasteiger partial charge in [-0.05, 0) is 37.4 Å². The zero-order valence-electron chi connectivity index (χ0n) is 12.2. The number of likely N-dealkylation sites (tertiary alicyclic amines) is 1. The number of hydrogen-bond donors (Lipinski definition) is 0. The molecule has 0 aliphatic carbocycles. The van der Waals surface area contributed by atoms with Gasteiger partial charge in [0.1, 0.15) is 18.2 Å². The Hall–Kier alpha value is -1.93. The first kappa shape index (κ1) is 14.0. The normalized spacial score (nSPS) is 19.8. The fourth-order valence-corrected chi connectivity index (χ4v) is 3.15. The standard InChI is InChI=1S/C16H19FN4/c1-12-3-2-7-20(10-12)11-16-19-14-9-13(17)4-5-15(14)21(16)8-6-18/h4-5,9,12H,2-3,7-8,10-11H2,1H3. The molecule has 0 saturated carbocycles. The van der Waals surface area contributed by atoms with E-state index in [9.17, 15) is 4.39 Å². The van der Waals surface area contributed by atoms with Gasteiger partial charge in [0.25, 0.3) is 0 Å². The largest absolute Gasteiger partial charge is 0.313 e. The Balaban J connectivity index is 1.93. The van der Waals surface area contributed by atoms with Gasteiger partial charge in [-0.1, -0.05) is 6.92 Å². The minimum absolute atomic E-state index is 0.251. The predicted molar refractivity (Wildman–Crippen MR) is 79.0 cm³/mol. The Labute approximate surface area is 123 Å². The van der Waals surface area contributed by atoms with Gasteiger partial charge in [0, 0.05) is 12.6 Å². The molecule has 1 fully saturated rings. The van der Waals surface area contributed by atoms with Crippen molar-refractivity contribution in [2.24, 2.45) is 5.92 Å². The van der Waals surface area contributed by atoms with Gasteiger partial charge in [0.2, 0.25) is 0 Å². The maximum atomic E-state index is 13.3. The van der Waals surface area contributed by atoms with Crippen molar-refractivity contribution in [2.75, 3.05) is 13.1 Å². The minimum atomic E-state index is -0.290. The second-order valence-electron chi connectivity index (χ2n) is 5.89. The Morgan fingerprint density at radius 2 is 2.33 bits per heavy atom. The van der Waals surface area contributed by atoms with Gasteiger partial charge in [-0.25, -0.2) is 9.37 Å². The van der Waals surface area contributed by atoms with Crippen LogP contribution in [0, 0.1) is 23.1 Å². The quantitative estimate of drug-likeness (QED) is 0.871. The summed E-state index contributed by atoms with van der Waals surface area (Å²) in [4.78, 5) is 6.92. The molecule has 1 atom stereocenters. The zero-order chi connectivity index (χ0) is 14.8. The highest BCUT2D eigenvalue weighted by Crippen LogP contribution is 2.21. The Morgan fingerprint density at radius 3 is 3.10 bits per heavy atom. The number of hydrogen-bond acceptors (Lipinski definition) is 3. The predicted octanol–water partition coefficient (Wildman–Crippen LogP) is 2.93. The lowest BCUT2D eigenvalue weighted by Crippen LogP contribution is -2.34. The van der Waals surface area contributed by atoms with Gasteiger partial charge in [-0.3, -0.25) is 4.90 Å². The highest BCUT2D eigenvalue weighted by molar-refractivity contribution is 5.76. The van der Waals surface area contributed by atoms with E-state index in [0.29, 0.717) is 11.4 Å². The third-order valence-electron chi connectivity index (χ3n) is 4.12. The molecule has 1 aliphatic heterocycles. The Bertz CT molecular complexity index is 685. The minimum Gasteiger partial charge on any atom is -0.313 e. The molecular weight excluding hydrogens is 267 g/mol. The molecule has 21 heavy (non-hydrogen) atoms. The van der Waals surface area contributed by atoms with Crippen molar-refractivity contribution in [2.45, 2.75) is 32.9 Å². The van der Waals surface area contributed by atoms with E-state index in [1.165, 1.54) is 25.0 Å². The van der Waals surface area contributed by atoms with Crippen molar-refractivity contribution in [1.82, 2.24) is 14.5 Å². The monoisotopic (exact) mass is 286 g/mol. The fraction of sp³-hybridized carbons (Fsp3) is 0.500. The van der Waals surface area contributed by atoms with Crippen LogP contribution in [0.3, 0.4) is 0 Å². The number of halogens is 1. The third-order valence-corrected chi connectivity index (χ3v) is 4.12. The second kappa shape index (κ2) is 5.82. The molecule has 1 aliphatic rings. The van der Waals surface area contributed by atoms with Crippen molar-refractivity contribution >= 4 is 11.0 Å². The summed E-state index contributed by atoms with van der Waals surface area (Å²) in [5, 5.41) is 9.04. The lowest BCUT2D eigenvalue weighted by Gasteiger charge is -2.30. The summed E-state index contributed by atoms with van der Waals surface area (Å²) < 4.78 is 15.2. The lowest BCUT2D eigenvalue weighted by molar-refractivity contribution is 0.171. The molecule has 3 rings (SSSR count). The van der Waals surface area contributed by atoms with Gasteiger partial charge in [0.15, 0.2) is 0 Å². The van der Waals surface area contributed by atoms with Crippen LogP contribution >= 0.6 is 0 Å². The van der Waals surface area contributed by atoms with Crippen LogP contribution in [-0.2, 0) is 13.1 Å². The van der Waals surface area contributed by atoms with E-state index >= 15 is 0 Å². The third kappa shape index (κ3) is 2.91. The molecule has 1 aromatic heterocycles. The van der Waals surface area contributed by atoms with Gasteiger partial charge < -0.3 is 4.57 Å². The van der Waals surface area contributed by atoms with E-state index in [0.717, 1.165) is 31.0 Å². The Kier molecular flexibility index (Phi) is 3.89. The van der Waals surface area contributed by atoms with Crippen molar-refractivity contribution in [3.05, 3.63) is 29.8 Å². The molecule has 0 radical (unpaired) electrons. The molecular formula is C16H19FN4. The topological polar surface area (TPSA) is 44.9 Å². The van der Waals surface area contributed by atoms with Crippen LogP contribution < -0.4 is 0 Å². The van der Waals surface area contributed by atoms with Crippen LogP contribution in [0.15, 0.2) is 18.2 Å². The first-order valence-electron chi connectivity index (χ1n) is 7.41. The maximum Gasteiger partial charge on any atom is 0.125 e. The summed E-state index contributed by atoms with van der Waals surface area (Å²) in [6.45, 7) is 5.36. The molecule has 0 spiro atoms. The number of aromatic nitrogens is 2. The molecule has 0 amide bonds. The van der Waals surface area contributed by atoms with Crippen LogP contribution in [0.5, 0.6) is 0 Å². The van der Waals surface area contributed by atoms with E-state index in [4.69, 9.17) is 5.26 Å². The van der Waals surface area contributed by atoms with Crippen molar-refractivity contribution < 1.29 is 4.39 Å². The smallest absolute Gasteiger partial charge is 0.125 e. The zero-order valence-corrected chi connectivity index (χ0v) is 12.2. The molecule has 110 valence electrons.